The number of carbonyl (C=O) groups is 2. The molecule has 0 aromatic heterocycles. The zero-order chi connectivity index (χ0) is 16.1. The molecule has 0 bridgehead atoms. The van der Waals surface area contributed by atoms with Crippen molar-refractivity contribution in [3.05, 3.63) is 24.8 Å². The summed E-state index contributed by atoms with van der Waals surface area (Å²) in [5.41, 5.74) is 0.299. The van der Waals surface area contributed by atoms with Gasteiger partial charge in [0, 0.05) is 24.5 Å². The molecule has 0 aromatic carbocycles. The first kappa shape index (κ1) is 20.7. The van der Waals surface area contributed by atoms with Gasteiger partial charge in [0.25, 0.3) is 0 Å². The van der Waals surface area contributed by atoms with Crippen LogP contribution in [0.1, 0.15) is 40.0 Å². The summed E-state index contributed by atoms with van der Waals surface area (Å²) in [6.45, 7) is 11.7. The lowest BCUT2D eigenvalue weighted by atomic mass is 10.3. The van der Waals surface area contributed by atoms with Crippen LogP contribution in [-0.4, -0.2) is 34.7 Å². The number of ether oxygens (including phenoxy) is 2. The van der Waals surface area contributed by atoms with E-state index >= 15 is 0 Å². The summed E-state index contributed by atoms with van der Waals surface area (Å²) < 4.78 is 8.92. The Morgan fingerprint density at radius 2 is 1.75 bits per heavy atom. The molecule has 0 rings (SSSR count). The Kier molecular flexibility index (Phi) is 12.8. The molecule has 0 saturated carbocycles. The molecule has 6 heteroatoms. The van der Waals surface area contributed by atoms with Gasteiger partial charge < -0.3 is 19.7 Å². The fourth-order valence-electron chi connectivity index (χ4n) is 0.796. The second kappa shape index (κ2) is 12.4. The predicted molar refractivity (Wildman–Crippen MR) is 74.4 cm³/mol. The fourth-order valence-corrected chi connectivity index (χ4v) is 0.796. The van der Waals surface area contributed by atoms with Gasteiger partial charge in [0.1, 0.15) is 0 Å². The summed E-state index contributed by atoms with van der Waals surface area (Å²) in [5.74, 6) is -1.13. The SMILES string of the molecule is C=C(C)C(=O)OC(O)CC.C=CC(=O)OC(O)CCC. The van der Waals surface area contributed by atoms with Crippen LogP contribution in [0.5, 0.6) is 0 Å². The van der Waals surface area contributed by atoms with Gasteiger partial charge in [-0.2, -0.15) is 0 Å². The minimum absolute atomic E-state index is 0.299. The van der Waals surface area contributed by atoms with Crippen molar-refractivity contribution >= 4 is 11.9 Å². The molecule has 6 nitrogen and oxygen atoms in total. The highest BCUT2D eigenvalue weighted by Gasteiger charge is 2.08. The van der Waals surface area contributed by atoms with Gasteiger partial charge in [-0.15, -0.1) is 0 Å². The fraction of sp³-hybridized carbons (Fsp3) is 0.571. The summed E-state index contributed by atoms with van der Waals surface area (Å²) in [5, 5.41) is 17.7. The van der Waals surface area contributed by atoms with Gasteiger partial charge in [0.05, 0.1) is 0 Å². The molecular formula is C14H24O6. The molecule has 2 N–H and O–H groups in total. The number of rotatable bonds is 7. The molecule has 2 unspecified atom stereocenters. The Morgan fingerprint density at radius 1 is 1.20 bits per heavy atom. The van der Waals surface area contributed by atoms with Crippen LogP contribution in [0.4, 0.5) is 0 Å². The van der Waals surface area contributed by atoms with Gasteiger partial charge in [0.15, 0.2) is 0 Å². The highest BCUT2D eigenvalue weighted by molar-refractivity contribution is 5.86. The zero-order valence-electron chi connectivity index (χ0n) is 12.3. The van der Waals surface area contributed by atoms with E-state index in [1.54, 1.807) is 6.92 Å². The molecule has 0 spiro atoms. The standard InChI is InChI=1S/2C7H12O3/c1-4-6(8)10-7(9)5(2)3;1-3-5-7(9)10-6(8)4-2/h6,8H,2,4H2,1,3H3;4,7,9H,2-3,5H2,1H3. The molecule has 0 heterocycles. The van der Waals surface area contributed by atoms with Gasteiger partial charge in [-0.05, 0) is 6.92 Å². The van der Waals surface area contributed by atoms with E-state index in [4.69, 9.17) is 10.2 Å². The third kappa shape index (κ3) is 12.8. The summed E-state index contributed by atoms with van der Waals surface area (Å²) >= 11 is 0. The van der Waals surface area contributed by atoms with Crippen molar-refractivity contribution < 1.29 is 29.3 Å². The molecule has 116 valence electrons. The molecule has 0 saturated heterocycles. The second-order valence-corrected chi connectivity index (χ2v) is 3.93. The summed E-state index contributed by atoms with van der Waals surface area (Å²) in [7, 11) is 0. The molecule has 0 aliphatic rings. The quantitative estimate of drug-likeness (QED) is 0.420. The Bertz CT molecular complexity index is 324. The molecule has 0 aliphatic heterocycles. The van der Waals surface area contributed by atoms with Crippen molar-refractivity contribution in [3.63, 3.8) is 0 Å². The molecule has 0 amide bonds. The van der Waals surface area contributed by atoms with Crippen LogP contribution in [-0.2, 0) is 19.1 Å². The normalized spacial score (nSPS) is 12.2. The van der Waals surface area contributed by atoms with Crippen molar-refractivity contribution in [2.24, 2.45) is 0 Å². The lowest BCUT2D eigenvalue weighted by molar-refractivity contribution is -0.163. The third-order valence-corrected chi connectivity index (χ3v) is 1.90. The highest BCUT2D eigenvalue weighted by Crippen LogP contribution is 1.98. The maximum atomic E-state index is 10.6. The third-order valence-electron chi connectivity index (χ3n) is 1.90. The van der Waals surface area contributed by atoms with Crippen molar-refractivity contribution in [1.29, 1.82) is 0 Å². The zero-order valence-corrected chi connectivity index (χ0v) is 12.3. The van der Waals surface area contributed by atoms with Crippen LogP contribution >= 0.6 is 0 Å². The van der Waals surface area contributed by atoms with Crippen molar-refractivity contribution in [2.75, 3.05) is 0 Å². The molecule has 0 fully saturated rings. The largest absolute Gasteiger partial charge is 0.433 e. The first-order valence-electron chi connectivity index (χ1n) is 6.34. The molecule has 2 atom stereocenters. The lowest BCUT2D eigenvalue weighted by Crippen LogP contribution is -2.16. The van der Waals surface area contributed by atoms with E-state index in [-0.39, 0.29) is 0 Å². The van der Waals surface area contributed by atoms with E-state index in [0.717, 1.165) is 12.5 Å². The molecule has 20 heavy (non-hydrogen) atoms. The minimum atomic E-state index is -0.996. The van der Waals surface area contributed by atoms with E-state index < -0.39 is 24.5 Å². The second-order valence-electron chi connectivity index (χ2n) is 3.93. The van der Waals surface area contributed by atoms with Crippen LogP contribution in [0.3, 0.4) is 0 Å². The number of hydrogen-bond acceptors (Lipinski definition) is 6. The molecular weight excluding hydrogens is 264 g/mol. The van der Waals surface area contributed by atoms with Gasteiger partial charge in [-0.3, -0.25) is 0 Å². The van der Waals surface area contributed by atoms with Crippen molar-refractivity contribution in [3.8, 4) is 0 Å². The Labute approximate surface area is 119 Å². The van der Waals surface area contributed by atoms with Gasteiger partial charge in [0.2, 0.25) is 12.6 Å². The maximum Gasteiger partial charge on any atom is 0.335 e. The van der Waals surface area contributed by atoms with Gasteiger partial charge in [-0.25, -0.2) is 9.59 Å². The molecule has 0 aliphatic carbocycles. The summed E-state index contributed by atoms with van der Waals surface area (Å²) in [6, 6.07) is 0. The Hall–Kier alpha value is -1.66. The maximum absolute atomic E-state index is 10.6. The first-order valence-corrected chi connectivity index (χ1v) is 6.34. The van der Waals surface area contributed by atoms with E-state index in [9.17, 15) is 9.59 Å². The van der Waals surface area contributed by atoms with Gasteiger partial charge >= 0.3 is 11.9 Å². The topological polar surface area (TPSA) is 93.1 Å². The van der Waals surface area contributed by atoms with Crippen molar-refractivity contribution in [1.82, 2.24) is 0 Å². The highest BCUT2D eigenvalue weighted by atomic mass is 16.6. The van der Waals surface area contributed by atoms with Crippen LogP contribution in [0, 0.1) is 0 Å². The average molecular weight is 288 g/mol. The number of aliphatic hydroxyl groups excluding tert-OH is 2. The lowest BCUT2D eigenvalue weighted by Gasteiger charge is -2.08. The van der Waals surface area contributed by atoms with Crippen LogP contribution in [0.25, 0.3) is 0 Å². The predicted octanol–water partition coefficient (Wildman–Crippen LogP) is 1.67. The van der Waals surface area contributed by atoms with Crippen LogP contribution < -0.4 is 0 Å². The van der Waals surface area contributed by atoms with E-state index in [1.807, 2.05) is 6.92 Å². The Balaban J connectivity index is 0. The number of aliphatic hydroxyl groups is 2. The molecule has 0 aromatic rings. The number of esters is 2. The van der Waals surface area contributed by atoms with Crippen LogP contribution in [0.2, 0.25) is 0 Å². The minimum Gasteiger partial charge on any atom is -0.433 e. The van der Waals surface area contributed by atoms with Crippen molar-refractivity contribution in [2.45, 2.75) is 52.6 Å². The van der Waals surface area contributed by atoms with E-state index in [0.29, 0.717) is 18.4 Å². The summed E-state index contributed by atoms with van der Waals surface area (Å²) in [6.07, 6.45) is 0.711. The van der Waals surface area contributed by atoms with E-state index in [1.165, 1.54) is 6.92 Å². The first-order chi connectivity index (χ1) is 9.28. The number of carbonyl (C=O) groups excluding carboxylic acids is 2. The van der Waals surface area contributed by atoms with E-state index in [2.05, 4.69) is 22.6 Å². The smallest absolute Gasteiger partial charge is 0.335 e. The Morgan fingerprint density at radius 3 is 2.10 bits per heavy atom. The molecule has 0 radical (unpaired) electrons. The number of hydrogen-bond donors (Lipinski definition) is 2. The average Bonchev–Trinajstić information content (AvgIpc) is 2.39. The summed E-state index contributed by atoms with van der Waals surface area (Å²) in [4.78, 5) is 21.0. The monoisotopic (exact) mass is 288 g/mol. The van der Waals surface area contributed by atoms with Gasteiger partial charge in [-0.1, -0.05) is 33.4 Å². The van der Waals surface area contributed by atoms with Crippen LogP contribution in [0.15, 0.2) is 24.8 Å².